The summed E-state index contributed by atoms with van der Waals surface area (Å²) in [5.74, 6) is -0.433. The van der Waals surface area contributed by atoms with Crippen molar-refractivity contribution in [3.63, 3.8) is 0 Å². The van der Waals surface area contributed by atoms with Crippen molar-refractivity contribution in [2.24, 2.45) is 0 Å². The third-order valence-corrected chi connectivity index (χ3v) is 2.64. The Hall–Kier alpha value is -1.31. The molecular weight excluding hydrogens is 257 g/mol. The molecule has 96 valence electrons. The quantitative estimate of drug-likeness (QED) is 0.832. The second-order valence-electron chi connectivity index (χ2n) is 3.19. The van der Waals surface area contributed by atoms with Crippen molar-refractivity contribution in [2.75, 3.05) is 19.0 Å². The molecule has 17 heavy (non-hydrogen) atoms. The zero-order valence-corrected chi connectivity index (χ0v) is 9.82. The van der Waals surface area contributed by atoms with E-state index in [0.717, 1.165) is 11.3 Å². The average molecular weight is 268 g/mol. The van der Waals surface area contributed by atoms with Gasteiger partial charge >= 0.3 is 12.1 Å². The molecule has 8 heteroatoms. The van der Waals surface area contributed by atoms with Crippen LogP contribution in [0.1, 0.15) is 12.1 Å². The predicted molar refractivity (Wildman–Crippen MR) is 57.0 cm³/mol. The number of rotatable bonds is 5. The van der Waals surface area contributed by atoms with Crippen molar-refractivity contribution >= 4 is 22.4 Å². The number of halogens is 3. The fourth-order valence-electron chi connectivity index (χ4n) is 1.00. The van der Waals surface area contributed by atoms with Crippen LogP contribution in [-0.4, -0.2) is 30.8 Å². The zero-order chi connectivity index (χ0) is 12.9. The summed E-state index contributed by atoms with van der Waals surface area (Å²) in [4.78, 5) is 14.9. The van der Waals surface area contributed by atoms with E-state index in [1.54, 1.807) is 5.38 Å². The maximum absolute atomic E-state index is 11.9. The fraction of sp³-hybridized carbons (Fsp3) is 0.556. The lowest BCUT2D eigenvalue weighted by atomic mass is 10.3. The van der Waals surface area contributed by atoms with Crippen LogP contribution in [0.2, 0.25) is 0 Å². The molecule has 0 saturated carbocycles. The first-order valence-electron chi connectivity index (χ1n) is 4.72. The van der Waals surface area contributed by atoms with Gasteiger partial charge < -0.3 is 10.1 Å². The molecule has 0 unspecified atom stereocenters. The number of alkyl halides is 3. The van der Waals surface area contributed by atoms with Gasteiger partial charge in [0.2, 0.25) is 0 Å². The van der Waals surface area contributed by atoms with Crippen molar-refractivity contribution in [3.05, 3.63) is 11.1 Å². The molecule has 1 aromatic rings. The molecule has 0 aliphatic heterocycles. The first kappa shape index (κ1) is 13.8. The van der Waals surface area contributed by atoms with Gasteiger partial charge in [0.15, 0.2) is 5.13 Å². The van der Waals surface area contributed by atoms with Crippen LogP contribution in [0.4, 0.5) is 18.3 Å². The van der Waals surface area contributed by atoms with Crippen LogP contribution in [0.25, 0.3) is 0 Å². The normalized spacial score (nSPS) is 11.3. The Balaban J connectivity index is 2.38. The number of aromatic nitrogens is 1. The topological polar surface area (TPSA) is 51.2 Å². The number of nitrogens with one attached hydrogen (secondary N) is 1. The van der Waals surface area contributed by atoms with Crippen LogP contribution in [-0.2, 0) is 16.0 Å². The first-order chi connectivity index (χ1) is 7.90. The fourth-order valence-corrected chi connectivity index (χ4v) is 1.74. The number of anilines is 1. The van der Waals surface area contributed by atoms with Crippen molar-refractivity contribution in [1.29, 1.82) is 0 Å². The minimum absolute atomic E-state index is 0.0218. The van der Waals surface area contributed by atoms with Gasteiger partial charge in [-0.3, -0.25) is 4.79 Å². The number of carbonyl (C=O) groups excluding carboxylic acids is 1. The summed E-state index contributed by atoms with van der Waals surface area (Å²) in [5, 5.41) is 4.52. The van der Waals surface area contributed by atoms with E-state index in [-0.39, 0.29) is 13.0 Å². The van der Waals surface area contributed by atoms with E-state index in [1.807, 2.05) is 0 Å². The summed E-state index contributed by atoms with van der Waals surface area (Å²) >= 11 is 1.16. The lowest BCUT2D eigenvalue weighted by Gasteiger charge is -2.05. The lowest BCUT2D eigenvalue weighted by Crippen LogP contribution is -2.14. The van der Waals surface area contributed by atoms with E-state index in [0.29, 0.717) is 10.8 Å². The van der Waals surface area contributed by atoms with Gasteiger partial charge in [-0.15, -0.1) is 11.3 Å². The Morgan fingerprint density at radius 1 is 1.59 bits per heavy atom. The summed E-state index contributed by atoms with van der Waals surface area (Å²) in [7, 11) is 1.26. The van der Waals surface area contributed by atoms with E-state index < -0.39 is 18.6 Å². The van der Waals surface area contributed by atoms with E-state index in [4.69, 9.17) is 0 Å². The van der Waals surface area contributed by atoms with Crippen LogP contribution in [0.15, 0.2) is 5.38 Å². The maximum atomic E-state index is 11.9. The number of carbonyl (C=O) groups is 1. The Labute approximate surface area is 99.8 Å². The molecule has 0 aromatic carbocycles. The van der Waals surface area contributed by atoms with Gasteiger partial charge in [0.05, 0.1) is 25.6 Å². The van der Waals surface area contributed by atoms with Gasteiger partial charge in [0.25, 0.3) is 0 Å². The molecular formula is C9H11F3N2O2S. The largest absolute Gasteiger partial charge is 0.469 e. The molecule has 4 nitrogen and oxygen atoms in total. The van der Waals surface area contributed by atoms with Gasteiger partial charge in [-0.1, -0.05) is 0 Å². The Morgan fingerprint density at radius 3 is 2.88 bits per heavy atom. The summed E-state index contributed by atoms with van der Waals surface area (Å²) in [6, 6.07) is 0. The second kappa shape index (κ2) is 5.85. The second-order valence-corrected chi connectivity index (χ2v) is 4.05. The van der Waals surface area contributed by atoms with Crippen LogP contribution < -0.4 is 5.32 Å². The third kappa shape index (κ3) is 5.53. The molecule has 1 heterocycles. The Kier molecular flexibility index (Phi) is 4.73. The number of hydrogen-bond acceptors (Lipinski definition) is 5. The molecule has 1 N–H and O–H groups in total. The molecule has 0 saturated heterocycles. The smallest absolute Gasteiger partial charge is 0.390 e. The van der Waals surface area contributed by atoms with Crippen LogP contribution in [0.3, 0.4) is 0 Å². The molecule has 0 radical (unpaired) electrons. The van der Waals surface area contributed by atoms with Gasteiger partial charge in [-0.05, 0) is 0 Å². The number of thiazole rings is 1. The summed E-state index contributed by atoms with van der Waals surface area (Å²) in [6.07, 6.45) is -5.08. The van der Waals surface area contributed by atoms with E-state index in [1.165, 1.54) is 7.11 Å². The van der Waals surface area contributed by atoms with Crippen LogP contribution >= 0.6 is 11.3 Å². The number of ether oxygens (including phenoxy) is 1. The lowest BCUT2D eigenvalue weighted by molar-refractivity contribution is -0.139. The van der Waals surface area contributed by atoms with Crippen molar-refractivity contribution in [2.45, 2.75) is 19.0 Å². The molecule has 1 rings (SSSR count). The molecule has 0 aliphatic carbocycles. The van der Waals surface area contributed by atoms with Crippen LogP contribution in [0.5, 0.6) is 0 Å². The monoisotopic (exact) mass is 268 g/mol. The van der Waals surface area contributed by atoms with E-state index in [9.17, 15) is 18.0 Å². The van der Waals surface area contributed by atoms with E-state index in [2.05, 4.69) is 15.0 Å². The highest BCUT2D eigenvalue weighted by Crippen LogP contribution is 2.21. The predicted octanol–water partition coefficient (Wildman–Crippen LogP) is 2.22. The Bertz CT molecular complexity index is 379. The number of nitrogens with zero attached hydrogens (tertiary/aromatic N) is 1. The van der Waals surface area contributed by atoms with Crippen molar-refractivity contribution < 1.29 is 22.7 Å². The first-order valence-corrected chi connectivity index (χ1v) is 5.60. The standard InChI is InChI=1S/C9H11F3N2O2S/c1-16-7(15)4-6-5-17-8(14-6)13-3-2-9(10,11)12/h5H,2-4H2,1H3,(H,13,14). The van der Waals surface area contributed by atoms with Crippen molar-refractivity contribution in [1.82, 2.24) is 4.98 Å². The highest BCUT2D eigenvalue weighted by Gasteiger charge is 2.26. The molecule has 0 amide bonds. The minimum atomic E-state index is -4.18. The van der Waals surface area contributed by atoms with E-state index >= 15 is 0 Å². The Morgan fingerprint density at radius 2 is 2.29 bits per heavy atom. The molecule has 0 spiro atoms. The minimum Gasteiger partial charge on any atom is -0.469 e. The molecule has 1 aromatic heterocycles. The van der Waals surface area contributed by atoms with Gasteiger partial charge in [-0.2, -0.15) is 13.2 Å². The van der Waals surface area contributed by atoms with Crippen molar-refractivity contribution in [3.8, 4) is 0 Å². The third-order valence-electron chi connectivity index (χ3n) is 1.79. The highest BCUT2D eigenvalue weighted by atomic mass is 32.1. The van der Waals surface area contributed by atoms with Crippen LogP contribution in [0, 0.1) is 0 Å². The number of esters is 1. The SMILES string of the molecule is COC(=O)Cc1csc(NCCC(F)(F)F)n1. The summed E-state index contributed by atoms with van der Waals surface area (Å²) in [6.45, 7) is -0.228. The number of hydrogen-bond donors (Lipinski definition) is 1. The summed E-state index contributed by atoms with van der Waals surface area (Å²) in [5.41, 5.74) is 0.483. The van der Waals surface area contributed by atoms with Gasteiger partial charge in [0, 0.05) is 11.9 Å². The highest BCUT2D eigenvalue weighted by molar-refractivity contribution is 7.13. The van der Waals surface area contributed by atoms with Gasteiger partial charge in [0.1, 0.15) is 0 Å². The maximum Gasteiger partial charge on any atom is 0.390 e. The molecule has 0 atom stereocenters. The molecule has 0 bridgehead atoms. The molecule has 0 fully saturated rings. The number of methoxy groups -OCH3 is 1. The average Bonchev–Trinajstić information content (AvgIpc) is 2.63. The van der Waals surface area contributed by atoms with Gasteiger partial charge in [-0.25, -0.2) is 4.98 Å². The molecule has 0 aliphatic rings. The summed E-state index contributed by atoms with van der Waals surface area (Å²) < 4.78 is 40.0. The zero-order valence-electron chi connectivity index (χ0n) is 9.00.